The van der Waals surface area contributed by atoms with Crippen molar-refractivity contribution in [3.63, 3.8) is 0 Å². The fraction of sp³-hybridized carbons (Fsp3) is 0. The summed E-state index contributed by atoms with van der Waals surface area (Å²) in [5.41, 5.74) is 0.410. The van der Waals surface area contributed by atoms with E-state index in [9.17, 15) is 8.78 Å². The van der Waals surface area contributed by atoms with Crippen LogP contribution in [-0.4, -0.2) is 9.97 Å². The summed E-state index contributed by atoms with van der Waals surface area (Å²) in [6, 6.07) is 5.07. The summed E-state index contributed by atoms with van der Waals surface area (Å²) in [4.78, 5) is 7.67. The van der Waals surface area contributed by atoms with Crippen molar-refractivity contribution in [1.82, 2.24) is 9.97 Å². The Bertz CT molecular complexity index is 623. The van der Waals surface area contributed by atoms with Gasteiger partial charge >= 0.3 is 0 Å². The number of rotatable bonds is 1. The highest BCUT2D eigenvalue weighted by molar-refractivity contribution is 6.30. The van der Waals surface area contributed by atoms with Crippen molar-refractivity contribution in [3.8, 4) is 17.5 Å². The molecule has 1 aromatic heterocycles. The van der Waals surface area contributed by atoms with Crippen molar-refractivity contribution in [2.75, 3.05) is 0 Å². The monoisotopic (exact) mass is 251 g/mol. The highest BCUT2D eigenvalue weighted by Crippen LogP contribution is 2.20. The molecule has 0 unspecified atom stereocenters. The van der Waals surface area contributed by atoms with Crippen LogP contribution in [0.2, 0.25) is 5.15 Å². The third-order valence-electron chi connectivity index (χ3n) is 2.04. The summed E-state index contributed by atoms with van der Waals surface area (Å²) >= 11 is 5.71. The Morgan fingerprint density at radius 3 is 2.59 bits per heavy atom. The molecule has 0 atom stereocenters. The van der Waals surface area contributed by atoms with Gasteiger partial charge in [-0.15, -0.1) is 0 Å². The lowest BCUT2D eigenvalue weighted by atomic mass is 10.2. The third kappa shape index (κ3) is 2.22. The number of benzene rings is 1. The Morgan fingerprint density at radius 1 is 1.24 bits per heavy atom. The molecule has 6 heteroatoms. The highest BCUT2D eigenvalue weighted by Gasteiger charge is 2.09. The largest absolute Gasteiger partial charge is 0.235 e. The smallest absolute Gasteiger partial charge is 0.161 e. The van der Waals surface area contributed by atoms with Crippen LogP contribution < -0.4 is 0 Å². The Kier molecular flexibility index (Phi) is 2.98. The molecule has 0 saturated carbocycles. The molecule has 0 aliphatic carbocycles. The van der Waals surface area contributed by atoms with Crippen LogP contribution in [0.5, 0.6) is 0 Å². The lowest BCUT2D eigenvalue weighted by Gasteiger charge is -2.01. The van der Waals surface area contributed by atoms with E-state index in [1.54, 1.807) is 6.07 Å². The maximum absolute atomic E-state index is 13.0. The zero-order chi connectivity index (χ0) is 12.4. The summed E-state index contributed by atoms with van der Waals surface area (Å²) < 4.78 is 25.7. The lowest BCUT2D eigenvalue weighted by Crippen LogP contribution is -1.93. The fourth-order valence-corrected chi connectivity index (χ4v) is 1.38. The van der Waals surface area contributed by atoms with Gasteiger partial charge in [-0.05, 0) is 18.2 Å². The maximum Gasteiger partial charge on any atom is 0.161 e. The molecule has 0 spiro atoms. The standard InChI is InChI=1S/C11H4ClF2N3/c12-10-7(4-15)5-16-11(17-10)6-1-2-8(13)9(14)3-6/h1-3,5H. The minimum absolute atomic E-state index is 0.0257. The highest BCUT2D eigenvalue weighted by atomic mass is 35.5. The second-order valence-corrected chi connectivity index (χ2v) is 3.50. The van der Waals surface area contributed by atoms with Crippen LogP contribution >= 0.6 is 11.6 Å². The number of hydrogen-bond donors (Lipinski definition) is 0. The topological polar surface area (TPSA) is 49.6 Å². The van der Waals surface area contributed by atoms with Crippen molar-refractivity contribution in [3.05, 3.63) is 46.7 Å². The van der Waals surface area contributed by atoms with E-state index >= 15 is 0 Å². The minimum Gasteiger partial charge on any atom is -0.235 e. The molecule has 0 radical (unpaired) electrons. The second-order valence-electron chi connectivity index (χ2n) is 3.14. The molecule has 0 N–H and O–H groups in total. The van der Waals surface area contributed by atoms with Crippen molar-refractivity contribution < 1.29 is 8.78 Å². The van der Waals surface area contributed by atoms with E-state index in [0.29, 0.717) is 0 Å². The molecule has 0 bridgehead atoms. The summed E-state index contributed by atoms with van der Waals surface area (Å²) in [5, 5.41) is 8.61. The summed E-state index contributed by atoms with van der Waals surface area (Å²) in [6.45, 7) is 0. The van der Waals surface area contributed by atoms with Gasteiger partial charge in [-0.2, -0.15) is 5.26 Å². The Morgan fingerprint density at radius 2 is 2.00 bits per heavy atom. The van der Waals surface area contributed by atoms with Crippen LogP contribution in [0.15, 0.2) is 24.4 Å². The molecule has 17 heavy (non-hydrogen) atoms. The zero-order valence-electron chi connectivity index (χ0n) is 8.28. The number of nitrogens with zero attached hydrogens (tertiary/aromatic N) is 3. The molecular formula is C11H4ClF2N3. The van der Waals surface area contributed by atoms with Crippen LogP contribution in [0, 0.1) is 23.0 Å². The van der Waals surface area contributed by atoms with E-state index < -0.39 is 11.6 Å². The molecule has 3 nitrogen and oxygen atoms in total. The first-order valence-corrected chi connectivity index (χ1v) is 4.87. The van der Waals surface area contributed by atoms with Gasteiger partial charge in [-0.3, -0.25) is 0 Å². The van der Waals surface area contributed by atoms with E-state index in [-0.39, 0.29) is 22.1 Å². The lowest BCUT2D eigenvalue weighted by molar-refractivity contribution is 0.509. The van der Waals surface area contributed by atoms with E-state index in [1.807, 2.05) is 0 Å². The fourth-order valence-electron chi connectivity index (χ4n) is 1.21. The Balaban J connectivity index is 2.50. The van der Waals surface area contributed by atoms with Crippen molar-refractivity contribution in [1.29, 1.82) is 5.26 Å². The summed E-state index contributed by atoms with van der Waals surface area (Å²) in [5.74, 6) is -1.81. The predicted molar refractivity (Wildman–Crippen MR) is 57.1 cm³/mol. The first-order valence-electron chi connectivity index (χ1n) is 4.50. The van der Waals surface area contributed by atoms with Crippen LogP contribution in [0.25, 0.3) is 11.4 Å². The summed E-state index contributed by atoms with van der Waals surface area (Å²) in [7, 11) is 0. The van der Waals surface area contributed by atoms with E-state index in [1.165, 1.54) is 12.3 Å². The van der Waals surface area contributed by atoms with Crippen LogP contribution in [0.4, 0.5) is 8.78 Å². The minimum atomic E-state index is -0.994. The molecule has 0 aliphatic heterocycles. The van der Waals surface area contributed by atoms with Gasteiger partial charge in [0.25, 0.3) is 0 Å². The van der Waals surface area contributed by atoms with Crippen LogP contribution in [0.1, 0.15) is 5.56 Å². The van der Waals surface area contributed by atoms with Crippen LogP contribution in [0.3, 0.4) is 0 Å². The predicted octanol–water partition coefficient (Wildman–Crippen LogP) is 2.95. The molecule has 1 heterocycles. The van der Waals surface area contributed by atoms with Gasteiger partial charge in [-0.1, -0.05) is 11.6 Å². The molecule has 0 saturated heterocycles. The molecule has 0 fully saturated rings. The molecular weight excluding hydrogens is 248 g/mol. The number of nitriles is 1. The average molecular weight is 252 g/mol. The molecule has 1 aromatic carbocycles. The van der Waals surface area contributed by atoms with Gasteiger partial charge in [-0.25, -0.2) is 18.7 Å². The normalized spacial score (nSPS) is 10.0. The van der Waals surface area contributed by atoms with Gasteiger partial charge < -0.3 is 0 Å². The Labute approximate surface area is 100 Å². The van der Waals surface area contributed by atoms with Gasteiger partial charge in [0.2, 0.25) is 0 Å². The number of aromatic nitrogens is 2. The van der Waals surface area contributed by atoms with Gasteiger partial charge in [0, 0.05) is 5.56 Å². The summed E-state index contributed by atoms with van der Waals surface area (Å²) in [6.07, 6.45) is 1.23. The number of hydrogen-bond acceptors (Lipinski definition) is 3. The number of halogens is 3. The first-order chi connectivity index (χ1) is 8.11. The molecule has 84 valence electrons. The average Bonchev–Trinajstić information content (AvgIpc) is 2.32. The quantitative estimate of drug-likeness (QED) is 0.732. The van der Waals surface area contributed by atoms with Crippen molar-refractivity contribution >= 4 is 11.6 Å². The third-order valence-corrected chi connectivity index (χ3v) is 2.33. The van der Waals surface area contributed by atoms with Gasteiger partial charge in [0.15, 0.2) is 22.6 Å². The second kappa shape index (κ2) is 4.44. The van der Waals surface area contributed by atoms with Crippen molar-refractivity contribution in [2.24, 2.45) is 0 Å². The van der Waals surface area contributed by atoms with Crippen LogP contribution in [-0.2, 0) is 0 Å². The van der Waals surface area contributed by atoms with E-state index in [2.05, 4.69) is 9.97 Å². The zero-order valence-corrected chi connectivity index (χ0v) is 9.04. The molecule has 2 rings (SSSR count). The molecule has 2 aromatic rings. The van der Waals surface area contributed by atoms with Gasteiger partial charge in [0.05, 0.1) is 6.20 Å². The molecule has 0 amide bonds. The molecule has 0 aliphatic rings. The van der Waals surface area contributed by atoms with E-state index in [4.69, 9.17) is 16.9 Å². The maximum atomic E-state index is 13.0. The Hall–Kier alpha value is -2.06. The van der Waals surface area contributed by atoms with Crippen molar-refractivity contribution in [2.45, 2.75) is 0 Å². The van der Waals surface area contributed by atoms with E-state index in [0.717, 1.165) is 12.1 Å². The van der Waals surface area contributed by atoms with Gasteiger partial charge in [0.1, 0.15) is 11.6 Å². The first kappa shape index (κ1) is 11.4. The SMILES string of the molecule is N#Cc1cnc(-c2ccc(F)c(F)c2)nc1Cl.